The number of anilines is 1. The lowest BCUT2D eigenvalue weighted by Gasteiger charge is -2.24. The van der Waals surface area contributed by atoms with Crippen LogP contribution in [-0.2, 0) is 21.3 Å². The van der Waals surface area contributed by atoms with Gasteiger partial charge in [0.15, 0.2) is 0 Å². The lowest BCUT2D eigenvalue weighted by molar-refractivity contribution is 0.217. The van der Waals surface area contributed by atoms with Crippen LogP contribution in [0.3, 0.4) is 0 Å². The molecular weight excluding hydrogens is 332 g/mol. The molecular formula is C14H15F2NO3S2. The molecule has 0 aliphatic rings. The summed E-state index contributed by atoms with van der Waals surface area (Å²) in [6, 6.07) is 6.36. The maximum atomic E-state index is 14.0. The first-order valence-electron chi connectivity index (χ1n) is 6.41. The van der Waals surface area contributed by atoms with E-state index in [-0.39, 0.29) is 24.6 Å². The second-order valence-corrected chi connectivity index (χ2v) is 7.54. The van der Waals surface area contributed by atoms with E-state index in [0.29, 0.717) is 6.07 Å². The Morgan fingerprint density at radius 2 is 2.05 bits per heavy atom. The van der Waals surface area contributed by atoms with Crippen LogP contribution in [0.5, 0.6) is 0 Å². The Labute approximate surface area is 132 Å². The molecule has 120 valence electrons. The van der Waals surface area contributed by atoms with Crippen LogP contribution in [0, 0.1) is 11.6 Å². The van der Waals surface area contributed by atoms with E-state index in [4.69, 9.17) is 4.74 Å². The number of nitrogens with zero attached hydrogens (tertiary/aromatic N) is 1. The van der Waals surface area contributed by atoms with Gasteiger partial charge < -0.3 is 4.74 Å². The molecule has 22 heavy (non-hydrogen) atoms. The number of rotatable bonds is 7. The number of halogens is 2. The molecule has 0 bridgehead atoms. The molecule has 1 heterocycles. The van der Waals surface area contributed by atoms with Gasteiger partial charge in [-0.05, 0) is 23.6 Å². The van der Waals surface area contributed by atoms with E-state index in [2.05, 4.69) is 0 Å². The molecule has 0 atom stereocenters. The van der Waals surface area contributed by atoms with Gasteiger partial charge in [-0.25, -0.2) is 17.2 Å². The molecule has 0 aliphatic carbocycles. The maximum Gasteiger partial charge on any atom is 0.237 e. The number of ether oxygens (including phenoxy) is 1. The highest BCUT2D eigenvalue weighted by atomic mass is 32.2. The van der Waals surface area contributed by atoms with Crippen LogP contribution in [0.1, 0.15) is 4.88 Å². The third-order valence-corrected chi connectivity index (χ3v) is 5.48. The molecule has 1 aromatic carbocycles. The van der Waals surface area contributed by atoms with E-state index >= 15 is 0 Å². The first-order valence-corrected chi connectivity index (χ1v) is 8.89. The zero-order valence-corrected chi connectivity index (χ0v) is 13.5. The summed E-state index contributed by atoms with van der Waals surface area (Å²) in [6.45, 7) is -0.0155. The van der Waals surface area contributed by atoms with E-state index in [0.717, 1.165) is 21.3 Å². The highest BCUT2D eigenvalue weighted by molar-refractivity contribution is 7.92. The van der Waals surface area contributed by atoms with Crippen molar-refractivity contribution in [2.45, 2.75) is 6.54 Å². The van der Waals surface area contributed by atoms with Crippen molar-refractivity contribution in [3.05, 3.63) is 52.2 Å². The fourth-order valence-electron chi connectivity index (χ4n) is 1.86. The highest BCUT2D eigenvalue weighted by Crippen LogP contribution is 2.26. The minimum absolute atomic E-state index is 0.00767. The lowest BCUT2D eigenvalue weighted by atomic mass is 10.3. The number of hydrogen-bond acceptors (Lipinski definition) is 4. The Kier molecular flexibility index (Phi) is 5.49. The summed E-state index contributed by atoms with van der Waals surface area (Å²) < 4.78 is 57.7. The highest BCUT2D eigenvalue weighted by Gasteiger charge is 2.25. The van der Waals surface area contributed by atoms with Gasteiger partial charge in [0.1, 0.15) is 11.6 Å². The van der Waals surface area contributed by atoms with Gasteiger partial charge >= 0.3 is 0 Å². The fourth-order valence-corrected chi connectivity index (χ4v) is 4.02. The maximum absolute atomic E-state index is 14.0. The van der Waals surface area contributed by atoms with Gasteiger partial charge in [-0.1, -0.05) is 6.07 Å². The van der Waals surface area contributed by atoms with Gasteiger partial charge in [0.05, 0.1) is 24.6 Å². The summed E-state index contributed by atoms with van der Waals surface area (Å²) in [6.07, 6.45) is 0. The molecule has 4 nitrogen and oxygen atoms in total. The monoisotopic (exact) mass is 347 g/mol. The predicted molar refractivity (Wildman–Crippen MR) is 82.5 cm³/mol. The van der Waals surface area contributed by atoms with Gasteiger partial charge in [-0.3, -0.25) is 4.31 Å². The van der Waals surface area contributed by atoms with E-state index < -0.39 is 21.7 Å². The molecule has 0 fully saturated rings. The second kappa shape index (κ2) is 7.17. The molecule has 2 aromatic rings. The zero-order chi connectivity index (χ0) is 16.2. The molecule has 0 saturated heterocycles. The Balaban J connectivity index is 2.40. The van der Waals surface area contributed by atoms with Crippen LogP contribution in [0.15, 0.2) is 35.7 Å². The van der Waals surface area contributed by atoms with E-state index in [9.17, 15) is 17.2 Å². The lowest BCUT2D eigenvalue weighted by Crippen LogP contribution is -2.34. The first kappa shape index (κ1) is 16.9. The molecule has 0 radical (unpaired) electrons. The van der Waals surface area contributed by atoms with E-state index in [1.165, 1.54) is 18.4 Å². The zero-order valence-electron chi connectivity index (χ0n) is 11.8. The molecule has 8 heteroatoms. The summed E-state index contributed by atoms with van der Waals surface area (Å²) in [7, 11) is -2.41. The predicted octanol–water partition coefficient (Wildman–Crippen LogP) is 3.01. The Morgan fingerprint density at radius 3 is 2.64 bits per heavy atom. The van der Waals surface area contributed by atoms with Crippen LogP contribution in [0.4, 0.5) is 14.5 Å². The van der Waals surface area contributed by atoms with Gasteiger partial charge in [-0.2, -0.15) is 0 Å². The van der Waals surface area contributed by atoms with Crippen LogP contribution < -0.4 is 4.31 Å². The quantitative estimate of drug-likeness (QED) is 0.773. The summed E-state index contributed by atoms with van der Waals surface area (Å²) in [5.74, 6) is -1.96. The number of hydrogen-bond donors (Lipinski definition) is 0. The van der Waals surface area contributed by atoms with Gasteiger partial charge in [-0.15, -0.1) is 11.3 Å². The first-order chi connectivity index (χ1) is 10.4. The Morgan fingerprint density at radius 1 is 1.27 bits per heavy atom. The minimum Gasteiger partial charge on any atom is -0.384 e. The SMILES string of the molecule is COCCS(=O)(=O)N(Cc1cccs1)c1ccc(F)cc1F. The van der Waals surface area contributed by atoms with Crippen LogP contribution in [0.2, 0.25) is 0 Å². The topological polar surface area (TPSA) is 46.6 Å². The normalized spacial score (nSPS) is 11.6. The molecule has 2 rings (SSSR count). The van der Waals surface area contributed by atoms with Crippen molar-refractivity contribution in [3.8, 4) is 0 Å². The molecule has 0 saturated carbocycles. The summed E-state index contributed by atoms with van der Waals surface area (Å²) in [5.41, 5.74) is -0.175. The number of benzene rings is 1. The number of thiophene rings is 1. The largest absolute Gasteiger partial charge is 0.384 e. The molecule has 0 aliphatic heterocycles. The van der Waals surface area contributed by atoms with Crippen molar-refractivity contribution < 1.29 is 21.9 Å². The molecule has 1 aromatic heterocycles. The molecule has 0 unspecified atom stereocenters. The van der Waals surface area contributed by atoms with Crippen molar-refractivity contribution in [3.63, 3.8) is 0 Å². The molecule has 0 spiro atoms. The van der Waals surface area contributed by atoms with Gasteiger partial charge in [0.2, 0.25) is 10.0 Å². The standard InChI is InChI=1S/C14H15F2NO3S2/c1-20-6-8-22(18,19)17(10-12-3-2-7-21-12)14-5-4-11(15)9-13(14)16/h2-5,7,9H,6,8,10H2,1H3. The van der Waals surface area contributed by atoms with Crippen LogP contribution in [0.25, 0.3) is 0 Å². The summed E-state index contributed by atoms with van der Waals surface area (Å²) in [4.78, 5) is 0.754. The van der Waals surface area contributed by atoms with E-state index in [1.807, 2.05) is 0 Å². The summed E-state index contributed by atoms with van der Waals surface area (Å²) >= 11 is 1.36. The van der Waals surface area contributed by atoms with Gasteiger partial charge in [0.25, 0.3) is 0 Å². The molecule has 0 amide bonds. The minimum atomic E-state index is -3.80. The molecule has 0 N–H and O–H groups in total. The van der Waals surface area contributed by atoms with Crippen LogP contribution >= 0.6 is 11.3 Å². The second-order valence-electron chi connectivity index (χ2n) is 4.49. The third-order valence-electron chi connectivity index (χ3n) is 2.94. The van der Waals surface area contributed by atoms with Crippen molar-refractivity contribution >= 4 is 27.0 Å². The summed E-state index contributed by atoms with van der Waals surface area (Å²) in [5, 5.41) is 1.80. The van der Waals surface area contributed by atoms with E-state index in [1.54, 1.807) is 17.5 Å². The Bertz CT molecular complexity index is 718. The van der Waals surface area contributed by atoms with Crippen LogP contribution in [-0.4, -0.2) is 27.9 Å². The average Bonchev–Trinajstić information content (AvgIpc) is 2.96. The number of sulfonamides is 1. The van der Waals surface area contributed by atoms with Crippen molar-refractivity contribution in [1.29, 1.82) is 0 Å². The van der Waals surface area contributed by atoms with Crippen molar-refractivity contribution in [2.24, 2.45) is 0 Å². The Hall–Kier alpha value is -1.51. The van der Waals surface area contributed by atoms with Crippen molar-refractivity contribution in [1.82, 2.24) is 0 Å². The van der Waals surface area contributed by atoms with Crippen molar-refractivity contribution in [2.75, 3.05) is 23.8 Å². The smallest absolute Gasteiger partial charge is 0.237 e. The fraction of sp³-hybridized carbons (Fsp3) is 0.286. The average molecular weight is 347 g/mol. The number of methoxy groups -OCH3 is 1. The van der Waals surface area contributed by atoms with Gasteiger partial charge in [0, 0.05) is 18.1 Å². The third kappa shape index (κ3) is 4.02.